The molecule has 0 radical (unpaired) electrons. The SMILES string of the molecule is CCCN1C(=O)C(=O)/C(=C(\O)c2cc(Cl)c(OC)cc2OC)C1c1ccco1. The highest BCUT2D eigenvalue weighted by atomic mass is 35.5. The molecule has 1 aliphatic rings. The molecule has 1 aromatic heterocycles. The second-order valence-corrected chi connectivity index (χ2v) is 6.60. The van der Waals surface area contributed by atoms with Gasteiger partial charge in [0.15, 0.2) is 0 Å². The van der Waals surface area contributed by atoms with Crippen LogP contribution in [0.2, 0.25) is 5.02 Å². The summed E-state index contributed by atoms with van der Waals surface area (Å²) in [4.78, 5) is 26.7. The van der Waals surface area contributed by atoms with E-state index in [0.29, 0.717) is 24.5 Å². The largest absolute Gasteiger partial charge is 0.507 e. The fraction of sp³-hybridized carbons (Fsp3) is 0.300. The lowest BCUT2D eigenvalue weighted by Crippen LogP contribution is -2.30. The van der Waals surface area contributed by atoms with Crippen LogP contribution in [-0.4, -0.2) is 42.5 Å². The van der Waals surface area contributed by atoms with Crippen LogP contribution in [0.25, 0.3) is 5.76 Å². The summed E-state index contributed by atoms with van der Waals surface area (Å²) < 4.78 is 15.9. The van der Waals surface area contributed by atoms with E-state index in [1.54, 1.807) is 12.1 Å². The lowest BCUT2D eigenvalue weighted by molar-refractivity contribution is -0.140. The van der Waals surface area contributed by atoms with Crippen molar-refractivity contribution in [2.24, 2.45) is 0 Å². The van der Waals surface area contributed by atoms with Crippen LogP contribution in [0.5, 0.6) is 11.5 Å². The molecule has 1 aliphatic heterocycles. The predicted octanol–water partition coefficient (Wildman–Crippen LogP) is 3.78. The molecule has 0 aliphatic carbocycles. The molecule has 1 unspecified atom stereocenters. The summed E-state index contributed by atoms with van der Waals surface area (Å²) in [6, 6.07) is 5.42. The summed E-state index contributed by atoms with van der Waals surface area (Å²) in [5, 5.41) is 11.2. The second kappa shape index (κ2) is 7.98. The number of halogens is 1. The first-order valence-corrected chi connectivity index (χ1v) is 9.06. The summed E-state index contributed by atoms with van der Waals surface area (Å²) in [6.45, 7) is 2.23. The third-order valence-corrected chi connectivity index (χ3v) is 4.84. The van der Waals surface area contributed by atoms with Crippen LogP contribution in [0.3, 0.4) is 0 Å². The van der Waals surface area contributed by atoms with Crippen LogP contribution in [0, 0.1) is 0 Å². The van der Waals surface area contributed by atoms with Gasteiger partial charge in [0.1, 0.15) is 29.1 Å². The van der Waals surface area contributed by atoms with Gasteiger partial charge in [-0.15, -0.1) is 0 Å². The van der Waals surface area contributed by atoms with Gasteiger partial charge in [-0.25, -0.2) is 0 Å². The van der Waals surface area contributed by atoms with Gasteiger partial charge in [-0.3, -0.25) is 9.59 Å². The Morgan fingerprint density at radius 3 is 2.54 bits per heavy atom. The molecule has 1 aromatic carbocycles. The fourth-order valence-corrected chi connectivity index (χ4v) is 3.53. The number of amides is 1. The molecule has 2 heterocycles. The number of methoxy groups -OCH3 is 2. The molecule has 7 nitrogen and oxygen atoms in total. The molecule has 0 saturated carbocycles. The molecule has 1 amide bonds. The number of aliphatic hydroxyl groups excluding tert-OH is 1. The number of ketones is 1. The summed E-state index contributed by atoms with van der Waals surface area (Å²) in [5.41, 5.74) is 0.104. The molecule has 0 bridgehead atoms. The number of hydrogen-bond acceptors (Lipinski definition) is 6. The van der Waals surface area contributed by atoms with Gasteiger partial charge in [-0.1, -0.05) is 18.5 Å². The van der Waals surface area contributed by atoms with Crippen molar-refractivity contribution in [3.8, 4) is 11.5 Å². The minimum absolute atomic E-state index is 0.0760. The van der Waals surface area contributed by atoms with E-state index in [1.807, 2.05) is 6.92 Å². The van der Waals surface area contributed by atoms with Crippen LogP contribution in [0.15, 0.2) is 40.5 Å². The topological polar surface area (TPSA) is 89.2 Å². The lowest BCUT2D eigenvalue weighted by Gasteiger charge is -2.22. The standard InChI is InChI=1S/C20H20ClNO6/c1-4-7-22-17(13-6-5-8-28-13)16(19(24)20(22)25)18(23)11-9-12(21)15(27-3)10-14(11)26-2/h5-6,8-10,17,23H,4,7H2,1-3H3/b18-16-. The van der Waals surface area contributed by atoms with Crippen molar-refractivity contribution in [3.63, 3.8) is 0 Å². The van der Waals surface area contributed by atoms with Crippen molar-refractivity contribution in [2.45, 2.75) is 19.4 Å². The number of likely N-dealkylation sites (tertiary alicyclic amines) is 1. The molecule has 148 valence electrons. The molecule has 2 aromatic rings. The van der Waals surface area contributed by atoms with Crippen LogP contribution in [0.1, 0.15) is 30.7 Å². The number of benzene rings is 1. The molecule has 3 rings (SSSR count). The highest BCUT2D eigenvalue weighted by Crippen LogP contribution is 2.43. The number of carbonyl (C=O) groups excluding carboxylic acids is 2. The van der Waals surface area contributed by atoms with Crippen LogP contribution >= 0.6 is 11.6 Å². The average molecular weight is 406 g/mol. The van der Waals surface area contributed by atoms with Crippen molar-refractivity contribution in [2.75, 3.05) is 20.8 Å². The molecule has 28 heavy (non-hydrogen) atoms. The zero-order valence-electron chi connectivity index (χ0n) is 15.7. The van der Waals surface area contributed by atoms with Crippen molar-refractivity contribution in [1.82, 2.24) is 4.90 Å². The Kier molecular flexibility index (Phi) is 5.65. The van der Waals surface area contributed by atoms with E-state index < -0.39 is 17.7 Å². The first-order valence-electron chi connectivity index (χ1n) is 8.68. The first-order chi connectivity index (χ1) is 13.4. The van der Waals surface area contributed by atoms with E-state index in [9.17, 15) is 14.7 Å². The van der Waals surface area contributed by atoms with Crippen molar-refractivity contribution >= 4 is 29.1 Å². The monoisotopic (exact) mass is 405 g/mol. The summed E-state index contributed by atoms with van der Waals surface area (Å²) in [5.74, 6) is -0.889. The predicted molar refractivity (Wildman–Crippen MR) is 103 cm³/mol. The molecule has 1 N–H and O–H groups in total. The van der Waals surface area contributed by atoms with E-state index in [0.717, 1.165) is 0 Å². The number of ether oxygens (including phenoxy) is 2. The van der Waals surface area contributed by atoms with Gasteiger partial charge in [-0.2, -0.15) is 0 Å². The molecule has 1 saturated heterocycles. The van der Waals surface area contributed by atoms with Gasteiger partial charge in [0, 0.05) is 12.6 Å². The van der Waals surface area contributed by atoms with Crippen molar-refractivity contribution in [1.29, 1.82) is 0 Å². The van der Waals surface area contributed by atoms with E-state index >= 15 is 0 Å². The molecular weight excluding hydrogens is 386 g/mol. The Morgan fingerprint density at radius 2 is 1.96 bits per heavy atom. The Morgan fingerprint density at radius 1 is 1.25 bits per heavy atom. The number of carbonyl (C=O) groups is 2. The fourth-order valence-electron chi connectivity index (χ4n) is 3.28. The zero-order valence-corrected chi connectivity index (χ0v) is 16.4. The lowest BCUT2D eigenvalue weighted by atomic mass is 9.98. The highest BCUT2D eigenvalue weighted by Gasteiger charge is 2.47. The van der Waals surface area contributed by atoms with Crippen LogP contribution in [0.4, 0.5) is 0 Å². The Bertz CT molecular complexity index is 934. The van der Waals surface area contributed by atoms with E-state index in [2.05, 4.69) is 0 Å². The van der Waals surface area contributed by atoms with Crippen molar-refractivity contribution in [3.05, 3.63) is 52.4 Å². The summed E-state index contributed by atoms with van der Waals surface area (Å²) in [6.07, 6.45) is 2.09. The van der Waals surface area contributed by atoms with Gasteiger partial charge in [0.05, 0.1) is 36.6 Å². The maximum Gasteiger partial charge on any atom is 0.295 e. The maximum atomic E-state index is 12.8. The number of furan rings is 1. The Labute approximate surface area is 167 Å². The number of nitrogens with zero attached hydrogens (tertiary/aromatic N) is 1. The second-order valence-electron chi connectivity index (χ2n) is 6.19. The van der Waals surface area contributed by atoms with Gasteiger partial charge in [0.2, 0.25) is 0 Å². The smallest absolute Gasteiger partial charge is 0.295 e. The Balaban J connectivity index is 2.23. The average Bonchev–Trinajstić information content (AvgIpc) is 3.30. The number of hydrogen-bond donors (Lipinski definition) is 1. The van der Waals surface area contributed by atoms with E-state index in [4.69, 9.17) is 25.5 Å². The molecule has 8 heteroatoms. The maximum absolute atomic E-state index is 12.8. The summed E-state index contributed by atoms with van der Waals surface area (Å²) in [7, 11) is 2.87. The Hall–Kier alpha value is -2.93. The van der Waals surface area contributed by atoms with Crippen LogP contribution < -0.4 is 9.47 Å². The highest BCUT2D eigenvalue weighted by molar-refractivity contribution is 6.46. The van der Waals surface area contributed by atoms with Crippen molar-refractivity contribution < 1.29 is 28.6 Å². The van der Waals surface area contributed by atoms with Gasteiger partial charge >= 0.3 is 0 Å². The number of rotatable bonds is 6. The van der Waals surface area contributed by atoms with Gasteiger partial charge < -0.3 is 23.9 Å². The number of aliphatic hydroxyl groups is 1. The van der Waals surface area contributed by atoms with E-state index in [-0.39, 0.29) is 27.7 Å². The van der Waals surface area contributed by atoms with Gasteiger partial charge in [-0.05, 0) is 24.6 Å². The number of Topliss-reactive ketones (excluding diaryl/α,β-unsaturated/α-hetero) is 1. The quantitative estimate of drug-likeness (QED) is 0.447. The van der Waals surface area contributed by atoms with Crippen LogP contribution in [-0.2, 0) is 9.59 Å². The minimum Gasteiger partial charge on any atom is -0.507 e. The molecule has 1 atom stereocenters. The molecular formula is C20H20ClNO6. The van der Waals surface area contributed by atoms with E-state index in [1.165, 1.54) is 37.5 Å². The third kappa shape index (κ3) is 3.22. The third-order valence-electron chi connectivity index (χ3n) is 4.55. The molecule has 0 spiro atoms. The summed E-state index contributed by atoms with van der Waals surface area (Å²) >= 11 is 6.19. The normalized spacial score (nSPS) is 18.6. The molecule has 1 fully saturated rings. The minimum atomic E-state index is -0.833. The first kappa shape index (κ1) is 19.8. The van der Waals surface area contributed by atoms with Gasteiger partial charge in [0.25, 0.3) is 11.7 Å². The zero-order chi connectivity index (χ0) is 20.4.